The van der Waals surface area contributed by atoms with Gasteiger partial charge in [0.2, 0.25) is 11.0 Å². The summed E-state index contributed by atoms with van der Waals surface area (Å²) in [5.41, 5.74) is 1.15. The minimum Gasteiger partial charge on any atom is -0.356 e. The molecule has 0 saturated carbocycles. The topological polar surface area (TPSA) is 58.1 Å². The molecule has 1 fully saturated rings. The number of nitrogens with one attached hydrogen (secondary N) is 1. The third kappa shape index (κ3) is 4.92. The van der Waals surface area contributed by atoms with Gasteiger partial charge in [-0.1, -0.05) is 30.7 Å². The molecule has 1 saturated heterocycles. The van der Waals surface area contributed by atoms with E-state index in [9.17, 15) is 4.79 Å². The molecule has 0 aliphatic carbocycles. The lowest BCUT2D eigenvalue weighted by atomic mass is 9.96. The molecule has 5 nitrogen and oxygen atoms in total. The lowest BCUT2D eigenvalue weighted by molar-refractivity contribution is -0.125. The summed E-state index contributed by atoms with van der Waals surface area (Å²) >= 11 is 7.36. The highest BCUT2D eigenvalue weighted by Crippen LogP contribution is 2.25. The van der Waals surface area contributed by atoms with Gasteiger partial charge in [0, 0.05) is 48.5 Å². The third-order valence-electron chi connectivity index (χ3n) is 4.42. The summed E-state index contributed by atoms with van der Waals surface area (Å²) in [5.74, 6) is 1.16. The molecular weight excluding hydrogens is 356 g/mol. The van der Waals surface area contributed by atoms with Gasteiger partial charge in [0.05, 0.1) is 0 Å². The maximum absolute atomic E-state index is 12.1. The van der Waals surface area contributed by atoms with Crippen molar-refractivity contribution in [3.8, 4) is 0 Å². The summed E-state index contributed by atoms with van der Waals surface area (Å²) in [5, 5.41) is 4.69. The number of anilines is 1. The van der Waals surface area contributed by atoms with Gasteiger partial charge in [0.1, 0.15) is 5.82 Å². The first-order valence-electron chi connectivity index (χ1n) is 8.75. The van der Waals surface area contributed by atoms with Crippen LogP contribution in [0.5, 0.6) is 0 Å². The quantitative estimate of drug-likeness (QED) is 0.835. The number of piperidine rings is 1. The Bertz CT molecular complexity index is 695. The van der Waals surface area contributed by atoms with E-state index in [1.165, 1.54) is 11.5 Å². The molecule has 7 heteroatoms. The average Bonchev–Trinajstić information content (AvgIpc) is 3.10. The fourth-order valence-electron chi connectivity index (χ4n) is 2.96. The first-order chi connectivity index (χ1) is 12.2. The van der Waals surface area contributed by atoms with E-state index in [1.807, 2.05) is 24.3 Å². The van der Waals surface area contributed by atoms with Crippen LogP contribution in [0.2, 0.25) is 5.02 Å². The van der Waals surface area contributed by atoms with Crippen molar-refractivity contribution in [1.82, 2.24) is 14.7 Å². The smallest absolute Gasteiger partial charge is 0.223 e. The van der Waals surface area contributed by atoms with Gasteiger partial charge < -0.3 is 10.2 Å². The Kier molecular flexibility index (Phi) is 6.26. The summed E-state index contributed by atoms with van der Waals surface area (Å²) in [4.78, 5) is 19.0. The summed E-state index contributed by atoms with van der Waals surface area (Å²) < 4.78 is 4.48. The zero-order chi connectivity index (χ0) is 17.6. The predicted octanol–water partition coefficient (Wildman–Crippen LogP) is 3.52. The van der Waals surface area contributed by atoms with E-state index in [1.54, 1.807) is 0 Å². The first kappa shape index (κ1) is 18.1. The molecule has 25 heavy (non-hydrogen) atoms. The minimum atomic E-state index is 0.129. The number of benzene rings is 1. The van der Waals surface area contributed by atoms with E-state index in [4.69, 9.17) is 11.6 Å². The summed E-state index contributed by atoms with van der Waals surface area (Å²) in [6.07, 6.45) is 3.44. The highest BCUT2D eigenvalue weighted by Gasteiger charge is 2.26. The molecule has 134 valence electrons. The van der Waals surface area contributed by atoms with Crippen LogP contribution < -0.4 is 10.2 Å². The van der Waals surface area contributed by atoms with E-state index in [2.05, 4.69) is 26.5 Å². The first-order valence-corrected chi connectivity index (χ1v) is 9.90. The lowest BCUT2D eigenvalue weighted by Crippen LogP contribution is -2.40. The van der Waals surface area contributed by atoms with Crippen LogP contribution in [0.3, 0.4) is 0 Å². The maximum atomic E-state index is 12.1. The molecule has 0 unspecified atom stereocenters. The molecule has 1 aromatic carbocycles. The van der Waals surface area contributed by atoms with Crippen molar-refractivity contribution >= 4 is 34.2 Å². The molecule has 1 aliphatic heterocycles. The van der Waals surface area contributed by atoms with Crippen molar-refractivity contribution in [2.75, 3.05) is 24.5 Å². The number of carbonyl (C=O) groups is 1. The van der Waals surface area contributed by atoms with Gasteiger partial charge in [-0.3, -0.25) is 4.79 Å². The Morgan fingerprint density at radius 2 is 2.04 bits per heavy atom. The highest BCUT2D eigenvalue weighted by atomic mass is 35.5. The molecule has 2 aromatic rings. The van der Waals surface area contributed by atoms with Gasteiger partial charge in [0.15, 0.2) is 0 Å². The van der Waals surface area contributed by atoms with Crippen molar-refractivity contribution in [2.24, 2.45) is 5.92 Å². The van der Waals surface area contributed by atoms with Crippen LogP contribution >= 0.6 is 23.1 Å². The van der Waals surface area contributed by atoms with Crippen LogP contribution in [-0.4, -0.2) is 34.9 Å². The summed E-state index contributed by atoms with van der Waals surface area (Å²) in [7, 11) is 0. The number of hydrogen-bond acceptors (Lipinski definition) is 5. The van der Waals surface area contributed by atoms with Crippen LogP contribution in [0.4, 0.5) is 5.13 Å². The number of nitrogens with zero attached hydrogens (tertiary/aromatic N) is 3. The predicted molar refractivity (Wildman–Crippen MR) is 102 cm³/mol. The van der Waals surface area contributed by atoms with Gasteiger partial charge in [-0.2, -0.15) is 4.37 Å². The summed E-state index contributed by atoms with van der Waals surface area (Å²) in [6.45, 7) is 4.56. The Morgan fingerprint density at radius 3 is 2.72 bits per heavy atom. The van der Waals surface area contributed by atoms with Crippen LogP contribution in [0.15, 0.2) is 24.3 Å². The Hall–Kier alpha value is -1.66. The van der Waals surface area contributed by atoms with Gasteiger partial charge in [-0.25, -0.2) is 4.98 Å². The Morgan fingerprint density at radius 1 is 1.32 bits per heavy atom. The zero-order valence-electron chi connectivity index (χ0n) is 14.4. The number of amides is 1. The number of hydrogen-bond donors (Lipinski definition) is 1. The van der Waals surface area contributed by atoms with Crippen LogP contribution in [0.25, 0.3) is 0 Å². The fourth-order valence-corrected chi connectivity index (χ4v) is 3.82. The molecule has 1 amide bonds. The monoisotopic (exact) mass is 378 g/mol. The summed E-state index contributed by atoms with van der Waals surface area (Å²) in [6, 6.07) is 7.78. The van der Waals surface area contributed by atoms with Crippen LogP contribution in [0, 0.1) is 5.92 Å². The van der Waals surface area contributed by atoms with Crippen molar-refractivity contribution in [3.63, 3.8) is 0 Å². The number of halogens is 1. The van der Waals surface area contributed by atoms with E-state index in [0.717, 1.165) is 60.4 Å². The molecule has 0 bridgehead atoms. The SMILES string of the molecule is CCCNC(=O)C1CCN(c2nc(Cc3ccc(Cl)cc3)ns2)CC1. The van der Waals surface area contributed by atoms with Gasteiger partial charge in [-0.05, 0) is 37.0 Å². The van der Waals surface area contributed by atoms with Gasteiger partial charge in [0.25, 0.3) is 0 Å². The molecule has 0 radical (unpaired) electrons. The van der Waals surface area contributed by atoms with E-state index >= 15 is 0 Å². The highest BCUT2D eigenvalue weighted by molar-refractivity contribution is 7.09. The molecule has 2 heterocycles. The molecule has 1 aromatic heterocycles. The minimum absolute atomic E-state index is 0.129. The Labute approximate surface area is 157 Å². The second kappa shape index (κ2) is 8.63. The number of aromatic nitrogens is 2. The molecule has 1 aliphatic rings. The van der Waals surface area contributed by atoms with E-state index < -0.39 is 0 Å². The van der Waals surface area contributed by atoms with Crippen LogP contribution in [0.1, 0.15) is 37.6 Å². The Balaban J connectivity index is 1.53. The van der Waals surface area contributed by atoms with Crippen LogP contribution in [-0.2, 0) is 11.2 Å². The lowest BCUT2D eigenvalue weighted by Gasteiger charge is -2.30. The van der Waals surface area contributed by atoms with Crippen molar-refractivity contribution in [1.29, 1.82) is 0 Å². The number of carbonyl (C=O) groups excluding carboxylic acids is 1. The second-order valence-corrected chi connectivity index (χ2v) is 7.52. The molecule has 1 N–H and O–H groups in total. The molecule has 3 rings (SSSR count). The van der Waals surface area contributed by atoms with Crippen molar-refractivity contribution in [3.05, 3.63) is 40.7 Å². The van der Waals surface area contributed by atoms with E-state index in [-0.39, 0.29) is 11.8 Å². The number of rotatable bonds is 6. The third-order valence-corrected chi connectivity index (χ3v) is 5.49. The molecule has 0 spiro atoms. The largest absolute Gasteiger partial charge is 0.356 e. The molecular formula is C18H23ClN4OS. The van der Waals surface area contributed by atoms with Gasteiger partial charge >= 0.3 is 0 Å². The van der Waals surface area contributed by atoms with Crippen molar-refractivity contribution in [2.45, 2.75) is 32.6 Å². The average molecular weight is 379 g/mol. The fraction of sp³-hybridized carbons (Fsp3) is 0.500. The van der Waals surface area contributed by atoms with Gasteiger partial charge in [-0.15, -0.1) is 0 Å². The van der Waals surface area contributed by atoms with Crippen molar-refractivity contribution < 1.29 is 4.79 Å². The second-order valence-electron chi connectivity index (χ2n) is 6.35. The zero-order valence-corrected chi connectivity index (χ0v) is 15.9. The normalized spacial score (nSPS) is 15.4. The maximum Gasteiger partial charge on any atom is 0.223 e. The van der Waals surface area contributed by atoms with E-state index in [0.29, 0.717) is 6.42 Å². The molecule has 0 atom stereocenters. The standard InChI is InChI=1S/C18H23ClN4OS/c1-2-9-20-17(24)14-7-10-23(11-8-14)18-21-16(22-25-18)12-13-3-5-15(19)6-4-13/h3-6,14H,2,7-12H2,1H3,(H,20,24).